The molecular formula is C10H23N2O18P3. The molecule has 1 aliphatic rings. The Kier molecular flexibility index (Phi) is 14.1. The number of rotatable bonds is 2. The molecule has 1 aliphatic heterocycles. The lowest BCUT2D eigenvalue weighted by Gasteiger charge is -2.17. The van der Waals surface area contributed by atoms with Crippen LogP contribution in [0.2, 0.25) is 0 Å². The van der Waals surface area contributed by atoms with Gasteiger partial charge in [-0.15, -0.1) is 0 Å². The van der Waals surface area contributed by atoms with Gasteiger partial charge in [-0.25, -0.2) is 18.5 Å². The number of nitrogens with one attached hydrogen (secondary N) is 1. The highest BCUT2D eigenvalue weighted by atomic mass is 31.2. The zero-order valence-corrected chi connectivity index (χ0v) is 18.9. The first-order valence-electron chi connectivity index (χ1n) is 7.75. The van der Waals surface area contributed by atoms with E-state index in [0.717, 1.165) is 4.57 Å². The van der Waals surface area contributed by atoms with Crippen LogP contribution in [0.25, 0.3) is 0 Å². The fraction of sp³-hybridized carbons (Fsp3) is 0.600. The van der Waals surface area contributed by atoms with Crippen LogP contribution in [-0.2, 0) is 18.4 Å². The molecule has 0 amide bonds. The zero-order valence-electron chi connectivity index (χ0n) is 16.2. The van der Waals surface area contributed by atoms with E-state index in [1.807, 2.05) is 0 Å². The third-order valence-electron chi connectivity index (χ3n) is 2.94. The summed E-state index contributed by atoms with van der Waals surface area (Å²) in [4.78, 5) is 89.6. The van der Waals surface area contributed by atoms with Crippen LogP contribution in [0.1, 0.15) is 11.8 Å². The molecule has 0 aliphatic carbocycles. The average molecular weight is 552 g/mol. The molecule has 0 unspecified atom stereocenters. The highest BCUT2D eigenvalue weighted by Crippen LogP contribution is 2.28. The zero-order chi connectivity index (χ0) is 26.9. The Balaban J connectivity index is 0. The summed E-state index contributed by atoms with van der Waals surface area (Å²) in [5.41, 5.74) is -1.00. The molecule has 0 saturated carbocycles. The van der Waals surface area contributed by atoms with E-state index in [4.69, 9.17) is 67.6 Å². The van der Waals surface area contributed by atoms with E-state index in [2.05, 4.69) is 4.98 Å². The first kappa shape index (κ1) is 34.0. The molecule has 2 heterocycles. The normalized spacial score (nSPS) is 22.7. The molecule has 2 rings (SSSR count). The van der Waals surface area contributed by atoms with Crippen molar-refractivity contribution in [2.24, 2.45) is 0 Å². The minimum Gasteiger partial charge on any atom is -0.394 e. The van der Waals surface area contributed by atoms with Gasteiger partial charge < -0.3 is 64.1 Å². The number of hydrogen-bond acceptors (Lipinski definition) is 9. The lowest BCUT2D eigenvalue weighted by Crippen LogP contribution is -2.38. The second-order valence-electron chi connectivity index (χ2n) is 5.75. The molecule has 4 atom stereocenters. The van der Waals surface area contributed by atoms with E-state index in [0.29, 0.717) is 0 Å². The Labute approximate surface area is 182 Å². The Morgan fingerprint density at radius 2 is 1.24 bits per heavy atom. The van der Waals surface area contributed by atoms with Crippen molar-refractivity contribution in [3.05, 3.63) is 32.6 Å². The summed E-state index contributed by atoms with van der Waals surface area (Å²) in [6.45, 7) is 1.02. The van der Waals surface area contributed by atoms with Crippen molar-refractivity contribution in [1.82, 2.24) is 9.55 Å². The van der Waals surface area contributed by atoms with Crippen molar-refractivity contribution >= 4 is 23.5 Å². The molecule has 1 saturated heterocycles. The number of aliphatic hydroxyl groups is 3. The van der Waals surface area contributed by atoms with Gasteiger partial charge in [-0.2, -0.15) is 0 Å². The first-order valence-corrected chi connectivity index (χ1v) is 12.4. The van der Waals surface area contributed by atoms with Crippen LogP contribution >= 0.6 is 23.5 Å². The Morgan fingerprint density at radius 3 is 1.55 bits per heavy atom. The van der Waals surface area contributed by atoms with E-state index in [-0.39, 0.29) is 5.56 Å². The molecule has 20 nitrogen and oxygen atoms in total. The van der Waals surface area contributed by atoms with E-state index in [9.17, 15) is 19.8 Å². The fourth-order valence-electron chi connectivity index (χ4n) is 1.88. The van der Waals surface area contributed by atoms with E-state index >= 15 is 0 Å². The SMILES string of the molecule is Cc1cn([C@@H]2O[C@H](CO)[C@@H](O)[C@H]2O)c(=O)[nH]c1=O.O=P(O)(O)O.O=P(O)(O)O.O=P(O)(O)O. The summed E-state index contributed by atoms with van der Waals surface area (Å²) in [5.74, 6) is 0. The second-order valence-corrected chi connectivity index (χ2v) is 8.83. The first-order chi connectivity index (χ1) is 14.5. The topological polar surface area (TPSA) is 358 Å². The number of hydrogen-bond donors (Lipinski definition) is 13. The predicted molar refractivity (Wildman–Crippen MR) is 102 cm³/mol. The van der Waals surface area contributed by atoms with E-state index in [1.165, 1.54) is 13.1 Å². The lowest BCUT2D eigenvalue weighted by atomic mass is 10.1. The Morgan fingerprint density at radius 1 is 0.879 bits per heavy atom. The molecule has 1 aromatic rings. The van der Waals surface area contributed by atoms with Gasteiger partial charge in [0.15, 0.2) is 6.23 Å². The summed E-state index contributed by atoms with van der Waals surface area (Å²) < 4.78 is 32.8. The van der Waals surface area contributed by atoms with Gasteiger partial charge in [0.05, 0.1) is 6.61 Å². The maximum absolute atomic E-state index is 11.6. The summed E-state index contributed by atoms with van der Waals surface area (Å²) in [7, 11) is -13.9. The Bertz CT molecular complexity index is 916. The molecule has 1 fully saturated rings. The third kappa shape index (κ3) is 18.9. The van der Waals surface area contributed by atoms with Gasteiger partial charge in [-0.1, -0.05) is 0 Å². The maximum atomic E-state index is 11.6. The third-order valence-corrected chi connectivity index (χ3v) is 2.94. The molecule has 23 heteroatoms. The summed E-state index contributed by atoms with van der Waals surface area (Å²) in [6.07, 6.45) is -3.52. The van der Waals surface area contributed by atoms with Crippen LogP contribution in [0.15, 0.2) is 15.8 Å². The number of aromatic nitrogens is 2. The summed E-state index contributed by atoms with van der Waals surface area (Å²) in [6, 6.07) is 0. The van der Waals surface area contributed by atoms with Crippen molar-refractivity contribution in [3.8, 4) is 0 Å². The molecule has 33 heavy (non-hydrogen) atoms. The van der Waals surface area contributed by atoms with Gasteiger partial charge >= 0.3 is 29.2 Å². The van der Waals surface area contributed by atoms with Crippen LogP contribution in [0.3, 0.4) is 0 Å². The van der Waals surface area contributed by atoms with Gasteiger partial charge in [-0.05, 0) is 6.92 Å². The second kappa shape index (κ2) is 13.7. The van der Waals surface area contributed by atoms with Crippen molar-refractivity contribution < 1.29 is 77.8 Å². The van der Waals surface area contributed by atoms with Gasteiger partial charge in [0, 0.05) is 11.8 Å². The summed E-state index contributed by atoms with van der Waals surface area (Å²) in [5, 5.41) is 28.3. The lowest BCUT2D eigenvalue weighted by molar-refractivity contribution is -0.0551. The highest BCUT2D eigenvalue weighted by molar-refractivity contribution is 7.45. The molecular weight excluding hydrogens is 529 g/mol. The quantitative estimate of drug-likeness (QED) is 0.152. The van der Waals surface area contributed by atoms with Crippen molar-refractivity contribution in [3.63, 3.8) is 0 Å². The number of aliphatic hydroxyl groups excluding tert-OH is 3. The van der Waals surface area contributed by atoms with Crippen molar-refractivity contribution in [2.75, 3.05) is 6.61 Å². The summed E-state index contributed by atoms with van der Waals surface area (Å²) >= 11 is 0. The smallest absolute Gasteiger partial charge is 0.394 e. The minimum atomic E-state index is -4.64. The van der Waals surface area contributed by atoms with Crippen LogP contribution in [0.4, 0.5) is 0 Å². The van der Waals surface area contributed by atoms with Crippen molar-refractivity contribution in [1.29, 1.82) is 0 Å². The largest absolute Gasteiger partial charge is 0.466 e. The number of ether oxygens (including phenoxy) is 1. The van der Waals surface area contributed by atoms with Crippen LogP contribution in [0.5, 0.6) is 0 Å². The predicted octanol–water partition coefficient (Wildman–Crippen LogP) is -5.33. The van der Waals surface area contributed by atoms with Crippen LogP contribution in [0, 0.1) is 6.92 Å². The molecule has 0 aromatic carbocycles. The highest BCUT2D eigenvalue weighted by Gasteiger charge is 2.43. The van der Waals surface area contributed by atoms with Gasteiger partial charge in [0.2, 0.25) is 0 Å². The maximum Gasteiger partial charge on any atom is 0.466 e. The average Bonchev–Trinajstić information content (AvgIpc) is 2.81. The molecule has 13 N–H and O–H groups in total. The number of nitrogens with zero attached hydrogens (tertiary/aromatic N) is 1. The van der Waals surface area contributed by atoms with E-state index in [1.54, 1.807) is 0 Å². The van der Waals surface area contributed by atoms with Crippen LogP contribution < -0.4 is 11.2 Å². The number of phosphoric acid groups is 3. The molecule has 0 bridgehead atoms. The molecule has 196 valence electrons. The number of H-pyrrole nitrogens is 1. The monoisotopic (exact) mass is 552 g/mol. The van der Waals surface area contributed by atoms with Crippen molar-refractivity contribution in [2.45, 2.75) is 31.5 Å². The van der Waals surface area contributed by atoms with E-state index < -0.39 is 65.9 Å². The number of aromatic amines is 1. The van der Waals surface area contributed by atoms with Crippen LogP contribution in [-0.4, -0.2) is 93.8 Å². The van der Waals surface area contributed by atoms with Gasteiger partial charge in [0.25, 0.3) is 5.56 Å². The molecule has 0 radical (unpaired) electrons. The minimum absolute atomic E-state index is 0.271. The number of aryl methyl sites for hydroxylation is 1. The molecule has 1 aromatic heterocycles. The molecule has 0 spiro atoms. The Hall–Kier alpha value is -1.15. The van der Waals surface area contributed by atoms with Gasteiger partial charge in [0.1, 0.15) is 18.3 Å². The fourth-order valence-corrected chi connectivity index (χ4v) is 1.88. The van der Waals surface area contributed by atoms with Gasteiger partial charge in [-0.3, -0.25) is 14.3 Å². The standard InChI is InChI=1S/C10H14N2O6.3H3O4P/c1-4-2-12(10(17)11-8(4)16)9-7(15)6(14)5(3-13)18-9;3*1-5(2,3)4/h2,5-7,9,13-15H,3H2,1H3,(H,11,16,17);3*(H3,1,2,3,4)/t5-,6-,7-,9-;;;/m1.../s1.